The van der Waals surface area contributed by atoms with Crippen molar-refractivity contribution in [1.82, 2.24) is 0 Å². The molecule has 0 heterocycles. The molecule has 2 N–H and O–H groups in total. The molecule has 80 valence electrons. The Morgan fingerprint density at radius 1 is 1.27 bits per heavy atom. The standard InChI is InChI=1S/C11H12O4/c12-10(13)7-9(11(14)15)6-8-4-2-1-3-5-8/h1-5,9H,6-7H2,(H,12,13)(H,14,15)/i1D,2D,3D,4D,5D. The quantitative estimate of drug-likeness (QED) is 0.775. The van der Waals surface area contributed by atoms with Crippen LogP contribution < -0.4 is 0 Å². The summed E-state index contributed by atoms with van der Waals surface area (Å²) in [4.78, 5) is 21.6. The molecule has 15 heavy (non-hydrogen) atoms. The zero-order chi connectivity index (χ0) is 15.6. The highest BCUT2D eigenvalue weighted by molar-refractivity contribution is 5.77. The van der Waals surface area contributed by atoms with Gasteiger partial charge in [-0.2, -0.15) is 0 Å². The first-order valence-electron chi connectivity index (χ1n) is 6.67. The van der Waals surface area contributed by atoms with Crippen LogP contribution >= 0.6 is 0 Å². The van der Waals surface area contributed by atoms with E-state index in [1.165, 1.54) is 0 Å². The van der Waals surface area contributed by atoms with E-state index in [4.69, 9.17) is 17.1 Å². The molecule has 1 atom stereocenters. The van der Waals surface area contributed by atoms with Crippen molar-refractivity contribution in [2.24, 2.45) is 5.92 Å². The van der Waals surface area contributed by atoms with Crippen molar-refractivity contribution in [2.75, 3.05) is 0 Å². The van der Waals surface area contributed by atoms with Gasteiger partial charge >= 0.3 is 11.9 Å². The number of rotatable bonds is 5. The Morgan fingerprint density at radius 2 is 1.87 bits per heavy atom. The van der Waals surface area contributed by atoms with Crippen molar-refractivity contribution in [3.05, 3.63) is 35.8 Å². The summed E-state index contributed by atoms with van der Waals surface area (Å²) in [6.45, 7) is 0. The van der Waals surface area contributed by atoms with Gasteiger partial charge in [0.05, 0.1) is 19.2 Å². The van der Waals surface area contributed by atoms with Crippen molar-refractivity contribution in [1.29, 1.82) is 0 Å². The van der Waals surface area contributed by atoms with Gasteiger partial charge in [0.15, 0.2) is 0 Å². The van der Waals surface area contributed by atoms with Gasteiger partial charge in [-0.05, 0) is 12.0 Å². The lowest BCUT2D eigenvalue weighted by Gasteiger charge is -2.09. The lowest BCUT2D eigenvalue weighted by atomic mass is 9.96. The zero-order valence-corrected chi connectivity index (χ0v) is 7.70. The number of carboxylic acid groups (broad SMARTS) is 2. The third-order valence-electron chi connectivity index (χ3n) is 1.77. The predicted molar refractivity (Wildman–Crippen MR) is 53.5 cm³/mol. The van der Waals surface area contributed by atoms with Crippen LogP contribution in [0.15, 0.2) is 30.2 Å². The number of carbonyl (C=O) groups is 2. The van der Waals surface area contributed by atoms with E-state index in [0.717, 1.165) is 0 Å². The molecular formula is C11H12O4. The monoisotopic (exact) mass is 213 g/mol. The summed E-state index contributed by atoms with van der Waals surface area (Å²) in [5.41, 5.74) is -0.190. The van der Waals surface area contributed by atoms with Gasteiger partial charge in [0, 0.05) is 0 Å². The van der Waals surface area contributed by atoms with Crippen LogP contribution in [0.4, 0.5) is 0 Å². The fourth-order valence-electron chi connectivity index (χ4n) is 1.08. The summed E-state index contributed by atoms with van der Waals surface area (Å²) < 4.78 is 37.6. The van der Waals surface area contributed by atoms with E-state index in [2.05, 4.69) is 0 Å². The predicted octanol–water partition coefficient (Wildman–Crippen LogP) is 1.40. The molecule has 0 saturated carbocycles. The Morgan fingerprint density at radius 3 is 2.33 bits per heavy atom. The molecule has 0 fully saturated rings. The van der Waals surface area contributed by atoms with Crippen LogP contribution in [0.2, 0.25) is 0 Å². The summed E-state index contributed by atoms with van der Waals surface area (Å²) in [7, 11) is 0. The van der Waals surface area contributed by atoms with Crippen LogP contribution in [0.1, 0.15) is 18.8 Å². The molecule has 1 aromatic rings. The highest BCUT2D eigenvalue weighted by Gasteiger charge is 2.20. The Balaban J connectivity index is 3.26. The van der Waals surface area contributed by atoms with E-state index >= 15 is 0 Å². The van der Waals surface area contributed by atoms with Gasteiger partial charge in [0.2, 0.25) is 0 Å². The van der Waals surface area contributed by atoms with Crippen molar-refractivity contribution in [3.63, 3.8) is 0 Å². The fourth-order valence-corrected chi connectivity index (χ4v) is 1.08. The third kappa shape index (κ3) is 3.81. The molecule has 0 saturated heterocycles. The average molecular weight is 213 g/mol. The fraction of sp³-hybridized carbons (Fsp3) is 0.273. The minimum Gasteiger partial charge on any atom is -0.481 e. The lowest BCUT2D eigenvalue weighted by molar-refractivity contribution is -0.148. The maximum absolute atomic E-state index is 11.0. The Labute approximate surface area is 94.2 Å². The molecular weight excluding hydrogens is 196 g/mol. The summed E-state index contributed by atoms with van der Waals surface area (Å²) in [5, 5.41) is 17.6. The first-order valence-corrected chi connectivity index (χ1v) is 4.17. The van der Waals surface area contributed by atoms with E-state index in [-0.39, 0.29) is 5.56 Å². The molecule has 0 radical (unpaired) electrons. The molecule has 0 aromatic heterocycles. The van der Waals surface area contributed by atoms with E-state index in [9.17, 15) is 9.59 Å². The molecule has 1 unspecified atom stereocenters. The summed E-state index contributed by atoms with van der Waals surface area (Å²) in [6, 6.07) is -2.73. The van der Waals surface area contributed by atoms with Crippen molar-refractivity contribution in [3.8, 4) is 0 Å². The lowest BCUT2D eigenvalue weighted by Crippen LogP contribution is -2.20. The number of hydrogen-bond donors (Lipinski definition) is 2. The molecule has 0 aliphatic carbocycles. The van der Waals surface area contributed by atoms with Crippen LogP contribution in [-0.4, -0.2) is 22.2 Å². The van der Waals surface area contributed by atoms with Crippen LogP contribution in [-0.2, 0) is 16.0 Å². The van der Waals surface area contributed by atoms with E-state index < -0.39 is 60.9 Å². The summed E-state index contributed by atoms with van der Waals surface area (Å²) in [5.74, 6) is -4.07. The van der Waals surface area contributed by atoms with Crippen LogP contribution in [0.3, 0.4) is 0 Å². The van der Waals surface area contributed by atoms with Gasteiger partial charge in [-0.25, -0.2) is 0 Å². The van der Waals surface area contributed by atoms with Crippen molar-refractivity contribution >= 4 is 11.9 Å². The van der Waals surface area contributed by atoms with E-state index in [1.807, 2.05) is 0 Å². The van der Waals surface area contributed by atoms with Gasteiger partial charge in [-0.15, -0.1) is 0 Å². The minimum absolute atomic E-state index is 0.190. The maximum Gasteiger partial charge on any atom is 0.307 e. The second-order valence-corrected chi connectivity index (χ2v) is 2.94. The molecule has 0 aliphatic heterocycles. The van der Waals surface area contributed by atoms with Crippen LogP contribution in [0, 0.1) is 5.92 Å². The topological polar surface area (TPSA) is 74.6 Å². The smallest absolute Gasteiger partial charge is 0.307 e. The first kappa shape index (κ1) is 5.90. The molecule has 1 aromatic carbocycles. The summed E-state index contributed by atoms with van der Waals surface area (Å²) in [6.07, 6.45) is -1.12. The highest BCUT2D eigenvalue weighted by atomic mass is 16.4. The molecule has 0 aliphatic rings. The second-order valence-electron chi connectivity index (χ2n) is 2.94. The van der Waals surface area contributed by atoms with E-state index in [0.29, 0.717) is 0 Å². The number of aliphatic carboxylic acids is 2. The average Bonchev–Trinajstić information content (AvgIpc) is 2.37. The van der Waals surface area contributed by atoms with Crippen molar-refractivity contribution in [2.45, 2.75) is 12.8 Å². The SMILES string of the molecule is [2H]c1c([2H])c([2H])c(CC(CC(=O)O)C(=O)O)c([2H])c1[2H]. The number of carboxylic acids is 2. The first-order chi connectivity index (χ1) is 9.16. The molecule has 1 rings (SSSR count). The normalized spacial score (nSPS) is 16.7. The van der Waals surface area contributed by atoms with Gasteiger partial charge in [0.1, 0.15) is 0 Å². The molecule has 0 spiro atoms. The van der Waals surface area contributed by atoms with Crippen molar-refractivity contribution < 1.29 is 26.7 Å². The maximum atomic E-state index is 11.0. The number of hydrogen-bond acceptors (Lipinski definition) is 2. The Hall–Kier alpha value is -1.84. The second kappa shape index (κ2) is 5.14. The van der Waals surface area contributed by atoms with Gasteiger partial charge in [-0.1, -0.05) is 30.2 Å². The van der Waals surface area contributed by atoms with Crippen LogP contribution in [0.5, 0.6) is 0 Å². The van der Waals surface area contributed by atoms with Gasteiger partial charge < -0.3 is 10.2 Å². The van der Waals surface area contributed by atoms with Gasteiger partial charge in [0.25, 0.3) is 0 Å². The molecule has 0 bridgehead atoms. The van der Waals surface area contributed by atoms with Crippen LogP contribution in [0.25, 0.3) is 0 Å². The van der Waals surface area contributed by atoms with E-state index in [1.54, 1.807) is 0 Å². The highest BCUT2D eigenvalue weighted by Crippen LogP contribution is 2.12. The Kier molecular flexibility index (Phi) is 2.02. The van der Waals surface area contributed by atoms with Gasteiger partial charge in [-0.3, -0.25) is 9.59 Å². The zero-order valence-electron chi connectivity index (χ0n) is 12.7. The molecule has 4 nitrogen and oxygen atoms in total. The molecule has 4 heteroatoms. The Bertz CT molecular complexity index is 543. The summed E-state index contributed by atoms with van der Waals surface area (Å²) >= 11 is 0. The number of benzene rings is 1. The largest absolute Gasteiger partial charge is 0.481 e. The minimum atomic E-state index is -1.39. The molecule has 0 amide bonds. The third-order valence-corrected chi connectivity index (χ3v) is 1.77.